The molecule has 3 heteroatoms. The Balaban J connectivity index is 2.47. The second-order valence-electron chi connectivity index (χ2n) is 3.50. The maximum absolute atomic E-state index is 10.4. The summed E-state index contributed by atoms with van der Waals surface area (Å²) >= 11 is 0. The summed E-state index contributed by atoms with van der Waals surface area (Å²) in [6.45, 7) is 2.03. The molecule has 0 radical (unpaired) electrons. The van der Waals surface area contributed by atoms with Crippen molar-refractivity contribution in [2.75, 3.05) is 5.32 Å². The summed E-state index contributed by atoms with van der Waals surface area (Å²) in [4.78, 5) is 10.4. The minimum absolute atomic E-state index is 0.596. The van der Waals surface area contributed by atoms with Gasteiger partial charge in [0.1, 0.15) is 0 Å². The number of hydrogen-bond donors (Lipinski definition) is 2. The average Bonchev–Trinajstić information content (AvgIpc) is 2.17. The molecule has 76 valence electrons. The molecule has 0 bridgehead atoms. The van der Waals surface area contributed by atoms with E-state index in [-0.39, 0.29) is 0 Å². The number of benzene rings is 2. The van der Waals surface area contributed by atoms with E-state index in [1.54, 1.807) is 6.07 Å². The van der Waals surface area contributed by atoms with Gasteiger partial charge in [-0.05, 0) is 29.8 Å². The van der Waals surface area contributed by atoms with Crippen LogP contribution in [0.25, 0.3) is 10.8 Å². The van der Waals surface area contributed by atoms with Crippen LogP contribution in [0, 0.1) is 6.92 Å². The molecule has 2 rings (SSSR count). The van der Waals surface area contributed by atoms with Gasteiger partial charge in [-0.3, -0.25) is 5.32 Å². The summed E-state index contributed by atoms with van der Waals surface area (Å²) < 4.78 is 0. The van der Waals surface area contributed by atoms with Gasteiger partial charge in [0, 0.05) is 5.69 Å². The van der Waals surface area contributed by atoms with Gasteiger partial charge >= 0.3 is 6.09 Å². The Hall–Kier alpha value is -2.03. The third kappa shape index (κ3) is 2.07. The van der Waals surface area contributed by atoms with Crippen molar-refractivity contribution in [2.24, 2.45) is 0 Å². The van der Waals surface area contributed by atoms with Gasteiger partial charge in [-0.25, -0.2) is 4.79 Å². The predicted molar refractivity (Wildman–Crippen MR) is 60.3 cm³/mol. The standard InChI is InChI=1S/C12H11NO2/c1-8-2-3-10-7-11(13-12(14)15)5-4-9(10)6-8/h2-7,13H,1H3,(H,14,15). The molecule has 0 saturated heterocycles. The van der Waals surface area contributed by atoms with Gasteiger partial charge in [-0.15, -0.1) is 0 Å². The van der Waals surface area contributed by atoms with E-state index < -0.39 is 6.09 Å². The number of nitrogens with one attached hydrogen (secondary N) is 1. The van der Waals surface area contributed by atoms with Crippen LogP contribution in [0.2, 0.25) is 0 Å². The van der Waals surface area contributed by atoms with Crippen molar-refractivity contribution in [2.45, 2.75) is 6.92 Å². The first kappa shape index (κ1) is 9.52. The molecule has 3 nitrogen and oxygen atoms in total. The van der Waals surface area contributed by atoms with Crippen LogP contribution in [-0.4, -0.2) is 11.2 Å². The highest BCUT2D eigenvalue weighted by atomic mass is 16.4. The largest absolute Gasteiger partial charge is 0.465 e. The molecule has 2 N–H and O–H groups in total. The molecule has 1 amide bonds. The highest BCUT2D eigenvalue weighted by Gasteiger charge is 1.99. The number of rotatable bonds is 1. The monoisotopic (exact) mass is 201 g/mol. The number of hydrogen-bond acceptors (Lipinski definition) is 1. The van der Waals surface area contributed by atoms with Crippen LogP contribution in [0.4, 0.5) is 10.5 Å². The van der Waals surface area contributed by atoms with Crippen molar-refractivity contribution >= 4 is 22.6 Å². The predicted octanol–water partition coefficient (Wildman–Crippen LogP) is 3.24. The molecule has 0 heterocycles. The first-order valence-corrected chi connectivity index (χ1v) is 4.65. The maximum Gasteiger partial charge on any atom is 0.409 e. The molecular weight excluding hydrogens is 190 g/mol. The van der Waals surface area contributed by atoms with E-state index in [2.05, 4.69) is 11.4 Å². The molecule has 0 aliphatic rings. The first-order chi connectivity index (χ1) is 7.15. The van der Waals surface area contributed by atoms with Crippen molar-refractivity contribution in [3.8, 4) is 0 Å². The van der Waals surface area contributed by atoms with Crippen LogP contribution in [0.3, 0.4) is 0 Å². The number of carbonyl (C=O) groups is 1. The van der Waals surface area contributed by atoms with Gasteiger partial charge in [0.2, 0.25) is 0 Å². The molecular formula is C12H11NO2. The average molecular weight is 201 g/mol. The number of fused-ring (bicyclic) bond motifs is 1. The van der Waals surface area contributed by atoms with Gasteiger partial charge in [-0.2, -0.15) is 0 Å². The van der Waals surface area contributed by atoms with E-state index in [0.717, 1.165) is 10.8 Å². The van der Waals surface area contributed by atoms with E-state index >= 15 is 0 Å². The van der Waals surface area contributed by atoms with Gasteiger partial charge in [0.05, 0.1) is 0 Å². The fourth-order valence-electron chi connectivity index (χ4n) is 1.57. The molecule has 0 saturated carbocycles. The van der Waals surface area contributed by atoms with E-state index in [1.807, 2.05) is 31.2 Å². The first-order valence-electron chi connectivity index (χ1n) is 4.65. The summed E-state index contributed by atoms with van der Waals surface area (Å²) in [7, 11) is 0. The molecule has 0 unspecified atom stereocenters. The van der Waals surface area contributed by atoms with Gasteiger partial charge < -0.3 is 5.11 Å². The Morgan fingerprint density at radius 3 is 2.53 bits per heavy atom. The number of amides is 1. The number of anilines is 1. The van der Waals surface area contributed by atoms with E-state index in [9.17, 15) is 4.79 Å². The van der Waals surface area contributed by atoms with Crippen molar-refractivity contribution in [3.63, 3.8) is 0 Å². The third-order valence-corrected chi connectivity index (χ3v) is 2.25. The summed E-state index contributed by atoms with van der Waals surface area (Å²) in [5.41, 5.74) is 1.79. The molecule has 15 heavy (non-hydrogen) atoms. The topological polar surface area (TPSA) is 49.3 Å². The Bertz CT molecular complexity index is 520. The van der Waals surface area contributed by atoms with Crippen LogP contribution in [0.15, 0.2) is 36.4 Å². The molecule has 0 atom stereocenters. The lowest BCUT2D eigenvalue weighted by Crippen LogP contribution is -2.06. The smallest absolute Gasteiger partial charge is 0.409 e. The zero-order valence-electron chi connectivity index (χ0n) is 8.32. The van der Waals surface area contributed by atoms with Gasteiger partial charge in [0.25, 0.3) is 0 Å². The van der Waals surface area contributed by atoms with Crippen molar-refractivity contribution in [3.05, 3.63) is 42.0 Å². The van der Waals surface area contributed by atoms with Gasteiger partial charge in [0.15, 0.2) is 0 Å². The van der Waals surface area contributed by atoms with E-state index in [1.165, 1.54) is 5.56 Å². The van der Waals surface area contributed by atoms with Crippen LogP contribution in [-0.2, 0) is 0 Å². The Morgan fingerprint density at radius 1 is 1.13 bits per heavy atom. The fourth-order valence-corrected chi connectivity index (χ4v) is 1.57. The third-order valence-electron chi connectivity index (χ3n) is 2.25. The summed E-state index contributed by atoms with van der Waals surface area (Å²) in [6, 6.07) is 11.6. The minimum Gasteiger partial charge on any atom is -0.465 e. The summed E-state index contributed by atoms with van der Waals surface area (Å²) in [5, 5.41) is 13.1. The molecule has 2 aromatic carbocycles. The fraction of sp³-hybridized carbons (Fsp3) is 0.0833. The molecule has 0 aliphatic carbocycles. The summed E-state index contributed by atoms with van der Waals surface area (Å²) in [5.74, 6) is 0. The zero-order valence-corrected chi connectivity index (χ0v) is 8.32. The molecule has 0 fully saturated rings. The Kier molecular flexibility index (Phi) is 2.29. The van der Waals surface area contributed by atoms with Crippen molar-refractivity contribution < 1.29 is 9.90 Å². The van der Waals surface area contributed by atoms with E-state index in [4.69, 9.17) is 5.11 Å². The quantitative estimate of drug-likeness (QED) is 0.744. The lowest BCUT2D eigenvalue weighted by atomic mass is 10.1. The molecule has 0 aromatic heterocycles. The van der Waals surface area contributed by atoms with Crippen LogP contribution >= 0.6 is 0 Å². The Labute approximate surface area is 87.3 Å². The van der Waals surface area contributed by atoms with Crippen LogP contribution in [0.1, 0.15) is 5.56 Å². The highest BCUT2D eigenvalue weighted by Crippen LogP contribution is 2.20. The molecule has 0 aliphatic heterocycles. The van der Waals surface area contributed by atoms with Crippen molar-refractivity contribution in [1.29, 1.82) is 0 Å². The Morgan fingerprint density at radius 2 is 1.80 bits per heavy atom. The second-order valence-corrected chi connectivity index (χ2v) is 3.50. The second kappa shape index (κ2) is 3.61. The molecule has 2 aromatic rings. The van der Waals surface area contributed by atoms with Gasteiger partial charge in [-0.1, -0.05) is 29.8 Å². The maximum atomic E-state index is 10.4. The SMILES string of the molecule is Cc1ccc2cc(NC(=O)O)ccc2c1. The normalized spacial score (nSPS) is 10.2. The number of carboxylic acid groups (broad SMARTS) is 1. The number of aryl methyl sites for hydroxylation is 1. The highest BCUT2D eigenvalue weighted by molar-refractivity contribution is 5.90. The summed E-state index contributed by atoms with van der Waals surface area (Å²) in [6.07, 6.45) is -1.04. The lowest BCUT2D eigenvalue weighted by Gasteiger charge is -2.03. The molecule has 0 spiro atoms. The van der Waals surface area contributed by atoms with Crippen LogP contribution < -0.4 is 5.32 Å². The minimum atomic E-state index is -1.04. The lowest BCUT2D eigenvalue weighted by molar-refractivity contribution is 0.210. The van der Waals surface area contributed by atoms with Crippen molar-refractivity contribution in [1.82, 2.24) is 0 Å². The van der Waals surface area contributed by atoms with E-state index in [0.29, 0.717) is 5.69 Å². The van der Waals surface area contributed by atoms with Crippen LogP contribution in [0.5, 0.6) is 0 Å². The zero-order chi connectivity index (χ0) is 10.8.